The number of hydrogen-bond acceptors (Lipinski definition) is 22. The van der Waals surface area contributed by atoms with E-state index in [1.165, 1.54) is 27.7 Å². The van der Waals surface area contributed by atoms with Gasteiger partial charge in [0.2, 0.25) is 0 Å². The Kier molecular flexibility index (Phi) is 23.1. The van der Waals surface area contributed by atoms with E-state index in [-0.39, 0.29) is 12.5 Å². The van der Waals surface area contributed by atoms with E-state index in [0.29, 0.717) is 19.3 Å². The molecule has 0 bridgehead atoms. The van der Waals surface area contributed by atoms with Gasteiger partial charge in [0.05, 0.1) is 36.6 Å². The standard InChI is InChI=1S/C46H82O23/c1-7-8-14-17-25(18-15-12-10-9-11-13-16-19-26(47)48)65-46-41(32(54)29(51)22(4)62-46)69-44-36(58)33(55)38(23(5)63-44)66-45-37(59)40(68-43-35(57)31(53)28(50)21(3)61-43)39(24(6)64-45)67-42-34(56)30(52)27(49)20(2)60-42/h20-25,27-46,49-59H,7-19H2,1-6H3,(H,47,48)/t20-,21+,22-,23+,24+,25+,27+,28-,29-,30-,31+,32+,33+,34+,35-,36-,37+,38-,39-,40+,41+,42+,43+,44-,45-,46-/m1/s1. The Bertz CT molecular complexity index is 1500. The van der Waals surface area contributed by atoms with Gasteiger partial charge in [0.1, 0.15) is 91.6 Å². The quantitative estimate of drug-likeness (QED) is 0.0504. The highest BCUT2D eigenvalue weighted by Crippen LogP contribution is 2.37. The van der Waals surface area contributed by atoms with E-state index in [1.54, 1.807) is 6.92 Å². The van der Waals surface area contributed by atoms with Gasteiger partial charge in [0.15, 0.2) is 31.5 Å². The number of aliphatic hydroxyl groups is 11. The molecule has 69 heavy (non-hydrogen) atoms. The average molecular weight is 1000 g/mol. The lowest BCUT2D eigenvalue weighted by Crippen LogP contribution is -2.67. The van der Waals surface area contributed by atoms with Crippen molar-refractivity contribution in [3.05, 3.63) is 0 Å². The third kappa shape index (κ3) is 15.1. The zero-order valence-electron chi connectivity index (χ0n) is 40.6. The smallest absolute Gasteiger partial charge is 0.303 e. The minimum atomic E-state index is -1.89. The van der Waals surface area contributed by atoms with Gasteiger partial charge in [-0.05, 0) is 53.9 Å². The second-order valence-electron chi connectivity index (χ2n) is 19.5. The van der Waals surface area contributed by atoms with Crippen LogP contribution in [0.3, 0.4) is 0 Å². The minimum Gasteiger partial charge on any atom is -0.481 e. The van der Waals surface area contributed by atoms with E-state index in [0.717, 1.165) is 57.8 Å². The molecule has 0 aliphatic carbocycles. The number of aliphatic hydroxyl groups excluding tert-OH is 11. The van der Waals surface area contributed by atoms with Crippen molar-refractivity contribution in [1.29, 1.82) is 0 Å². The van der Waals surface area contributed by atoms with Crippen molar-refractivity contribution in [3.63, 3.8) is 0 Å². The Morgan fingerprint density at radius 1 is 0.391 bits per heavy atom. The molecule has 5 aliphatic rings. The lowest BCUT2D eigenvalue weighted by Gasteiger charge is -2.50. The summed E-state index contributed by atoms with van der Waals surface area (Å²) in [5.74, 6) is -0.789. The van der Waals surface area contributed by atoms with E-state index < -0.39 is 159 Å². The van der Waals surface area contributed by atoms with E-state index in [1.807, 2.05) is 0 Å². The Labute approximate surface area is 403 Å². The summed E-state index contributed by atoms with van der Waals surface area (Å²) in [5, 5.41) is 129. The monoisotopic (exact) mass is 1000 g/mol. The number of ether oxygens (including phenoxy) is 10. The van der Waals surface area contributed by atoms with Crippen molar-refractivity contribution in [3.8, 4) is 0 Å². The fourth-order valence-corrected chi connectivity index (χ4v) is 9.50. The maximum Gasteiger partial charge on any atom is 0.303 e. The van der Waals surface area contributed by atoms with Crippen LogP contribution in [0.1, 0.15) is 125 Å². The summed E-state index contributed by atoms with van der Waals surface area (Å²) < 4.78 is 60.3. The Morgan fingerprint density at radius 2 is 0.754 bits per heavy atom. The van der Waals surface area contributed by atoms with Gasteiger partial charge in [-0.2, -0.15) is 0 Å². The van der Waals surface area contributed by atoms with E-state index in [9.17, 15) is 61.0 Å². The Morgan fingerprint density at radius 3 is 1.28 bits per heavy atom. The summed E-state index contributed by atoms with van der Waals surface area (Å²) in [4.78, 5) is 10.8. The van der Waals surface area contributed by atoms with Crippen LogP contribution in [0.4, 0.5) is 0 Å². The minimum absolute atomic E-state index is 0.171. The molecular weight excluding hydrogens is 920 g/mol. The van der Waals surface area contributed by atoms with Crippen molar-refractivity contribution in [2.24, 2.45) is 0 Å². The van der Waals surface area contributed by atoms with Crippen LogP contribution < -0.4 is 0 Å². The first kappa shape index (κ1) is 58.5. The van der Waals surface area contributed by atoms with Crippen molar-refractivity contribution < 1.29 is 113 Å². The highest BCUT2D eigenvalue weighted by Gasteiger charge is 2.56. The first-order chi connectivity index (χ1) is 32.7. The summed E-state index contributed by atoms with van der Waals surface area (Å²) in [5.41, 5.74) is 0. The van der Waals surface area contributed by atoms with E-state index >= 15 is 0 Å². The summed E-state index contributed by atoms with van der Waals surface area (Å²) >= 11 is 0. The molecule has 5 fully saturated rings. The van der Waals surface area contributed by atoms with Crippen LogP contribution in [0.25, 0.3) is 0 Å². The van der Waals surface area contributed by atoms with Crippen LogP contribution in [0.2, 0.25) is 0 Å². The zero-order chi connectivity index (χ0) is 50.9. The average Bonchev–Trinajstić information content (AvgIpc) is 3.30. The third-order valence-electron chi connectivity index (χ3n) is 14.0. The lowest BCUT2D eigenvalue weighted by molar-refractivity contribution is -0.399. The topological polar surface area (TPSA) is 352 Å². The van der Waals surface area contributed by atoms with Gasteiger partial charge in [-0.15, -0.1) is 0 Å². The molecule has 5 rings (SSSR count). The Balaban J connectivity index is 1.26. The highest BCUT2D eigenvalue weighted by molar-refractivity contribution is 5.66. The van der Waals surface area contributed by atoms with Crippen LogP contribution >= 0.6 is 0 Å². The van der Waals surface area contributed by atoms with Crippen molar-refractivity contribution in [2.45, 2.75) is 285 Å². The predicted octanol–water partition coefficient (Wildman–Crippen LogP) is -1.22. The largest absolute Gasteiger partial charge is 0.481 e. The van der Waals surface area contributed by atoms with Gasteiger partial charge in [0.25, 0.3) is 0 Å². The molecule has 12 N–H and O–H groups in total. The molecule has 5 aliphatic heterocycles. The van der Waals surface area contributed by atoms with Crippen molar-refractivity contribution in [2.75, 3.05) is 0 Å². The van der Waals surface area contributed by atoms with Gasteiger partial charge >= 0.3 is 5.97 Å². The normalized spacial score (nSPS) is 45.8. The fourth-order valence-electron chi connectivity index (χ4n) is 9.50. The summed E-state index contributed by atoms with van der Waals surface area (Å²) in [6, 6.07) is 0. The predicted molar refractivity (Wildman–Crippen MR) is 235 cm³/mol. The molecule has 0 aromatic rings. The first-order valence-corrected chi connectivity index (χ1v) is 24.9. The zero-order valence-corrected chi connectivity index (χ0v) is 40.6. The van der Waals surface area contributed by atoms with Crippen LogP contribution in [0, 0.1) is 0 Å². The number of hydrogen-bond donors (Lipinski definition) is 12. The number of carboxylic acid groups (broad SMARTS) is 1. The van der Waals surface area contributed by atoms with Crippen LogP contribution in [-0.4, -0.2) is 227 Å². The maximum absolute atomic E-state index is 11.9. The van der Waals surface area contributed by atoms with E-state index in [4.69, 9.17) is 52.5 Å². The van der Waals surface area contributed by atoms with Crippen molar-refractivity contribution in [1.82, 2.24) is 0 Å². The van der Waals surface area contributed by atoms with Crippen LogP contribution in [0.15, 0.2) is 0 Å². The molecule has 0 aromatic carbocycles. The number of aliphatic carboxylic acids is 1. The van der Waals surface area contributed by atoms with Crippen molar-refractivity contribution >= 4 is 5.97 Å². The molecule has 23 nitrogen and oxygen atoms in total. The van der Waals surface area contributed by atoms with Gasteiger partial charge in [-0.1, -0.05) is 64.7 Å². The fraction of sp³-hybridized carbons (Fsp3) is 0.978. The molecule has 0 aromatic heterocycles. The Hall–Kier alpha value is -1.37. The third-order valence-corrected chi connectivity index (χ3v) is 14.0. The molecule has 0 amide bonds. The molecule has 0 spiro atoms. The molecule has 23 heteroatoms. The van der Waals surface area contributed by atoms with E-state index in [2.05, 4.69) is 6.92 Å². The molecule has 0 saturated carbocycles. The second-order valence-corrected chi connectivity index (χ2v) is 19.5. The van der Waals surface area contributed by atoms with Gasteiger partial charge in [-0.3, -0.25) is 4.79 Å². The molecule has 5 saturated heterocycles. The first-order valence-electron chi connectivity index (χ1n) is 24.9. The molecule has 26 atom stereocenters. The summed E-state index contributed by atoms with van der Waals surface area (Å²) in [6.07, 6.45) is -27.2. The second kappa shape index (κ2) is 27.2. The number of carboxylic acids is 1. The van der Waals surface area contributed by atoms with Crippen LogP contribution in [0.5, 0.6) is 0 Å². The van der Waals surface area contributed by atoms with Crippen LogP contribution in [-0.2, 0) is 52.2 Å². The number of unbranched alkanes of at least 4 members (excludes halogenated alkanes) is 8. The number of rotatable bonds is 24. The van der Waals surface area contributed by atoms with Gasteiger partial charge in [0, 0.05) is 6.42 Å². The van der Waals surface area contributed by atoms with Gasteiger partial charge < -0.3 is 109 Å². The molecule has 0 unspecified atom stereocenters. The lowest BCUT2D eigenvalue weighted by atomic mass is 9.95. The molecule has 5 heterocycles. The number of carbonyl (C=O) groups is 1. The maximum atomic E-state index is 11.9. The summed E-state index contributed by atoms with van der Waals surface area (Å²) in [6.45, 7) is 9.47. The molecular formula is C46H82O23. The summed E-state index contributed by atoms with van der Waals surface area (Å²) in [7, 11) is 0. The molecule has 404 valence electrons. The van der Waals surface area contributed by atoms with Gasteiger partial charge in [-0.25, -0.2) is 0 Å². The molecule has 0 radical (unpaired) electrons. The SMILES string of the molecule is CCCCC[C@@H](CCCCCCCCCC(=O)O)O[C@H]1O[C@H](C)[C@@H](O)[C@H](O)[C@@H]1O[C@H]1O[C@@H](C)[C@@H](O[C@H]2O[C@@H](C)[C@@H](O[C@@H]3O[C@H](C)[C@H](O)[C@@H](O)[C@@H]3O)[C@@H](O[C@@H]3O[C@@H](C)[C@@H](O)[C@H](O)[C@H]3O)[C@@H]2O)[C@@H](O)[C@H]1O. The highest BCUT2D eigenvalue weighted by atomic mass is 16.8.